The van der Waals surface area contributed by atoms with Gasteiger partial charge < -0.3 is 4.57 Å². The highest BCUT2D eigenvalue weighted by Gasteiger charge is 2.04. The maximum absolute atomic E-state index is 13.4. The van der Waals surface area contributed by atoms with E-state index in [9.17, 15) is 4.39 Å². The Morgan fingerprint density at radius 3 is 2.74 bits per heavy atom. The van der Waals surface area contributed by atoms with Crippen molar-refractivity contribution in [1.29, 1.82) is 0 Å². The molecule has 0 saturated carbocycles. The van der Waals surface area contributed by atoms with Crippen LogP contribution in [0, 0.1) is 12.7 Å². The molecular weight excluding hydrogens is 359 g/mol. The van der Waals surface area contributed by atoms with Crippen LogP contribution in [0.4, 0.5) is 10.1 Å². The Bertz CT molecular complexity index is 1140. The monoisotopic (exact) mass is 376 g/mol. The van der Waals surface area contributed by atoms with Crippen molar-refractivity contribution in [3.8, 4) is 0 Å². The summed E-state index contributed by atoms with van der Waals surface area (Å²) in [4.78, 5) is 4.51. The van der Waals surface area contributed by atoms with Crippen molar-refractivity contribution in [2.75, 3.05) is 0 Å². The van der Waals surface area contributed by atoms with E-state index < -0.39 is 0 Å². The molecule has 0 atom stereocenters. The Labute approximate surface area is 162 Å². The Balaban J connectivity index is 1.58. The van der Waals surface area contributed by atoms with Gasteiger partial charge in [-0.15, -0.1) is 0 Å². The van der Waals surface area contributed by atoms with Gasteiger partial charge in [-0.2, -0.15) is 0 Å². The van der Waals surface area contributed by atoms with Crippen molar-refractivity contribution >= 4 is 34.4 Å². The number of hydrogen-bond donors (Lipinski definition) is 0. The third kappa shape index (κ3) is 3.93. The van der Waals surface area contributed by atoms with E-state index in [-0.39, 0.29) is 5.82 Å². The maximum Gasteiger partial charge on any atom is 0.123 e. The van der Waals surface area contributed by atoms with E-state index in [2.05, 4.69) is 27.8 Å². The highest BCUT2D eigenvalue weighted by Crippen LogP contribution is 2.23. The van der Waals surface area contributed by atoms with Crippen molar-refractivity contribution in [3.63, 3.8) is 0 Å². The van der Waals surface area contributed by atoms with Crippen LogP contribution in [0.1, 0.15) is 16.7 Å². The third-order valence-electron chi connectivity index (χ3n) is 4.56. The molecule has 0 aliphatic carbocycles. The van der Waals surface area contributed by atoms with E-state index in [4.69, 9.17) is 11.6 Å². The molecule has 0 saturated heterocycles. The molecule has 2 nitrogen and oxygen atoms in total. The zero-order valence-corrected chi connectivity index (χ0v) is 15.6. The molecule has 4 aromatic rings. The van der Waals surface area contributed by atoms with Gasteiger partial charge in [0.1, 0.15) is 5.82 Å². The van der Waals surface area contributed by atoms with Gasteiger partial charge in [0, 0.05) is 34.9 Å². The average Bonchev–Trinajstić information content (AvgIpc) is 3.05. The van der Waals surface area contributed by atoms with Crippen LogP contribution >= 0.6 is 11.6 Å². The van der Waals surface area contributed by atoms with E-state index in [1.165, 1.54) is 6.07 Å². The van der Waals surface area contributed by atoms with Crippen LogP contribution in [0.5, 0.6) is 0 Å². The second-order valence-corrected chi connectivity index (χ2v) is 6.99. The minimum absolute atomic E-state index is 0.210. The lowest BCUT2D eigenvalue weighted by Crippen LogP contribution is -1.98. The van der Waals surface area contributed by atoms with Crippen LogP contribution in [-0.4, -0.2) is 10.8 Å². The van der Waals surface area contributed by atoms with E-state index >= 15 is 0 Å². The van der Waals surface area contributed by atoms with Gasteiger partial charge in [0.05, 0.1) is 5.69 Å². The van der Waals surface area contributed by atoms with Gasteiger partial charge in [-0.25, -0.2) is 4.39 Å². The minimum Gasteiger partial charge on any atom is -0.343 e. The Morgan fingerprint density at radius 2 is 1.93 bits per heavy atom. The molecule has 27 heavy (non-hydrogen) atoms. The van der Waals surface area contributed by atoms with Gasteiger partial charge in [-0.1, -0.05) is 35.9 Å². The van der Waals surface area contributed by atoms with Crippen molar-refractivity contribution in [3.05, 3.63) is 100 Å². The fourth-order valence-electron chi connectivity index (χ4n) is 3.08. The molecule has 0 fully saturated rings. The van der Waals surface area contributed by atoms with Crippen LogP contribution in [0.15, 0.2) is 77.9 Å². The predicted octanol–water partition coefficient (Wildman–Crippen LogP) is 6.54. The van der Waals surface area contributed by atoms with Gasteiger partial charge >= 0.3 is 0 Å². The summed E-state index contributed by atoms with van der Waals surface area (Å²) in [6.07, 6.45) is 3.86. The Kier molecular flexibility index (Phi) is 4.78. The molecule has 3 aromatic carbocycles. The number of rotatable bonds is 4. The van der Waals surface area contributed by atoms with Crippen molar-refractivity contribution in [1.82, 2.24) is 4.57 Å². The van der Waals surface area contributed by atoms with Crippen LogP contribution in [0.2, 0.25) is 5.02 Å². The normalized spacial score (nSPS) is 11.5. The molecule has 0 amide bonds. The number of fused-ring (bicyclic) bond motifs is 1. The lowest BCUT2D eigenvalue weighted by atomic mass is 10.1. The lowest BCUT2D eigenvalue weighted by molar-refractivity contribution is 0.624. The summed E-state index contributed by atoms with van der Waals surface area (Å²) in [6.45, 7) is 2.61. The van der Waals surface area contributed by atoms with Gasteiger partial charge in [0.2, 0.25) is 0 Å². The molecule has 4 heteroatoms. The van der Waals surface area contributed by atoms with Gasteiger partial charge in [0.15, 0.2) is 0 Å². The number of halogens is 2. The van der Waals surface area contributed by atoms with E-state index in [0.717, 1.165) is 38.3 Å². The largest absolute Gasteiger partial charge is 0.343 e. The molecule has 0 aliphatic heterocycles. The number of nitrogens with zero attached hydrogens (tertiary/aromatic N) is 2. The Hall–Kier alpha value is -2.91. The lowest BCUT2D eigenvalue weighted by Gasteiger charge is -2.06. The van der Waals surface area contributed by atoms with Crippen LogP contribution < -0.4 is 0 Å². The molecule has 0 unspecified atom stereocenters. The standard InChI is InChI=1S/C23H18ClFN2/c1-16-5-7-21(13-22(16)24)26-14-17-6-8-23-19(11-17)9-10-27(23)15-18-3-2-4-20(25)12-18/h2-14H,15H2,1H3. The molecule has 0 radical (unpaired) electrons. The van der Waals surface area contributed by atoms with Gasteiger partial charge in [0.25, 0.3) is 0 Å². The summed E-state index contributed by atoms with van der Waals surface area (Å²) in [7, 11) is 0. The number of benzene rings is 3. The Morgan fingerprint density at radius 1 is 1.04 bits per heavy atom. The summed E-state index contributed by atoms with van der Waals surface area (Å²) in [6, 6.07) is 20.7. The summed E-state index contributed by atoms with van der Waals surface area (Å²) in [5.74, 6) is -0.210. The molecule has 1 heterocycles. The minimum atomic E-state index is -0.210. The van der Waals surface area contributed by atoms with E-state index in [1.54, 1.807) is 12.1 Å². The van der Waals surface area contributed by atoms with Crippen molar-refractivity contribution in [2.24, 2.45) is 4.99 Å². The van der Waals surface area contributed by atoms with Gasteiger partial charge in [-0.05, 0) is 66.1 Å². The summed E-state index contributed by atoms with van der Waals surface area (Å²) in [5, 5.41) is 1.84. The topological polar surface area (TPSA) is 17.3 Å². The first-order valence-electron chi connectivity index (χ1n) is 8.72. The molecular formula is C23H18ClFN2. The highest BCUT2D eigenvalue weighted by molar-refractivity contribution is 6.31. The predicted molar refractivity (Wildman–Crippen MR) is 111 cm³/mol. The van der Waals surface area contributed by atoms with Crippen LogP contribution in [-0.2, 0) is 6.54 Å². The SMILES string of the molecule is Cc1ccc(N=Cc2ccc3c(ccn3Cc3cccc(F)c3)c2)cc1Cl. The quantitative estimate of drug-likeness (QED) is 0.360. The molecule has 0 spiro atoms. The average molecular weight is 377 g/mol. The summed E-state index contributed by atoms with van der Waals surface area (Å²) >= 11 is 6.15. The van der Waals surface area contributed by atoms with E-state index in [0.29, 0.717) is 6.54 Å². The van der Waals surface area contributed by atoms with Gasteiger partial charge in [-0.3, -0.25) is 4.99 Å². The number of hydrogen-bond acceptors (Lipinski definition) is 1. The van der Waals surface area contributed by atoms with Crippen molar-refractivity contribution in [2.45, 2.75) is 13.5 Å². The van der Waals surface area contributed by atoms with Crippen LogP contribution in [0.3, 0.4) is 0 Å². The van der Waals surface area contributed by atoms with Crippen LogP contribution in [0.25, 0.3) is 10.9 Å². The molecule has 0 N–H and O–H groups in total. The summed E-state index contributed by atoms with van der Waals surface area (Å²) in [5.41, 5.74) is 4.93. The maximum atomic E-state index is 13.4. The zero-order chi connectivity index (χ0) is 18.8. The number of aliphatic imine (C=N–C) groups is 1. The molecule has 1 aromatic heterocycles. The molecule has 134 valence electrons. The molecule has 0 bridgehead atoms. The molecule has 4 rings (SSSR count). The first-order valence-corrected chi connectivity index (χ1v) is 9.10. The van der Waals surface area contributed by atoms with Crippen molar-refractivity contribution < 1.29 is 4.39 Å². The second kappa shape index (κ2) is 7.37. The fourth-order valence-corrected chi connectivity index (χ4v) is 3.25. The number of aromatic nitrogens is 1. The highest BCUT2D eigenvalue weighted by atomic mass is 35.5. The first-order chi connectivity index (χ1) is 13.1. The first kappa shape index (κ1) is 17.5. The zero-order valence-electron chi connectivity index (χ0n) is 14.9. The molecule has 0 aliphatic rings. The smallest absolute Gasteiger partial charge is 0.123 e. The third-order valence-corrected chi connectivity index (χ3v) is 4.96. The fraction of sp³-hybridized carbons (Fsp3) is 0.0870. The second-order valence-electron chi connectivity index (χ2n) is 6.58. The van der Waals surface area contributed by atoms with E-state index in [1.807, 2.05) is 49.7 Å². The number of aryl methyl sites for hydroxylation is 1. The summed E-state index contributed by atoms with van der Waals surface area (Å²) < 4.78 is 15.5.